The number of nitrogens with one attached hydrogen (secondary N) is 1. The van der Waals surface area contributed by atoms with E-state index in [1.54, 1.807) is 36.8 Å². The second kappa shape index (κ2) is 5.39. The molecule has 3 heterocycles. The van der Waals surface area contributed by atoms with Gasteiger partial charge in [0.25, 0.3) is 11.7 Å². The van der Waals surface area contributed by atoms with Gasteiger partial charge in [-0.15, -0.1) is 10.2 Å². The van der Waals surface area contributed by atoms with Crippen molar-refractivity contribution < 1.29 is 13.6 Å². The van der Waals surface area contributed by atoms with Crippen molar-refractivity contribution in [2.75, 3.05) is 0 Å². The standard InChI is InChI=1S/C12H11N5O3/c18-12(11-13-15-16-14-11)17(7-9-3-1-5-19-9)8-10-4-2-6-20-10/h1-6H,7-8H2,(H,13,14,15,16). The second-order valence-corrected chi connectivity index (χ2v) is 4.06. The maximum Gasteiger partial charge on any atom is 0.296 e. The summed E-state index contributed by atoms with van der Waals surface area (Å²) in [6, 6.07) is 7.11. The highest BCUT2D eigenvalue weighted by Gasteiger charge is 2.22. The molecule has 20 heavy (non-hydrogen) atoms. The Bertz CT molecular complexity index is 609. The lowest BCUT2D eigenvalue weighted by molar-refractivity contribution is 0.0692. The van der Waals surface area contributed by atoms with Gasteiger partial charge in [0.05, 0.1) is 25.6 Å². The molecule has 0 aliphatic rings. The van der Waals surface area contributed by atoms with Crippen molar-refractivity contribution in [3.63, 3.8) is 0 Å². The predicted molar refractivity (Wildman–Crippen MR) is 65.2 cm³/mol. The van der Waals surface area contributed by atoms with Gasteiger partial charge in [-0.05, 0) is 29.5 Å². The van der Waals surface area contributed by atoms with Gasteiger partial charge in [-0.25, -0.2) is 0 Å². The summed E-state index contributed by atoms with van der Waals surface area (Å²) in [4.78, 5) is 13.8. The molecule has 0 saturated carbocycles. The van der Waals surface area contributed by atoms with E-state index in [2.05, 4.69) is 20.6 Å². The van der Waals surface area contributed by atoms with Gasteiger partial charge in [-0.3, -0.25) is 4.79 Å². The van der Waals surface area contributed by atoms with Gasteiger partial charge in [0.2, 0.25) is 0 Å². The van der Waals surface area contributed by atoms with Crippen molar-refractivity contribution >= 4 is 5.91 Å². The fourth-order valence-electron chi connectivity index (χ4n) is 1.77. The van der Waals surface area contributed by atoms with Gasteiger partial charge in [0.1, 0.15) is 11.5 Å². The number of furan rings is 2. The highest BCUT2D eigenvalue weighted by molar-refractivity contribution is 5.90. The quantitative estimate of drug-likeness (QED) is 0.750. The molecule has 1 amide bonds. The average molecular weight is 273 g/mol. The number of amides is 1. The molecule has 0 radical (unpaired) electrons. The molecule has 102 valence electrons. The van der Waals surface area contributed by atoms with Crippen LogP contribution < -0.4 is 0 Å². The number of rotatable bonds is 5. The molecule has 1 N–H and O–H groups in total. The van der Waals surface area contributed by atoms with E-state index in [1.165, 1.54) is 4.90 Å². The zero-order valence-corrected chi connectivity index (χ0v) is 10.4. The summed E-state index contributed by atoms with van der Waals surface area (Å²) in [6.07, 6.45) is 3.11. The minimum Gasteiger partial charge on any atom is -0.467 e. The Morgan fingerprint density at radius 2 is 1.80 bits per heavy atom. The predicted octanol–water partition coefficient (Wildman–Crippen LogP) is 1.23. The maximum absolute atomic E-state index is 12.3. The van der Waals surface area contributed by atoms with E-state index in [0.717, 1.165) is 0 Å². The number of aromatic amines is 1. The van der Waals surface area contributed by atoms with Crippen molar-refractivity contribution in [1.82, 2.24) is 25.5 Å². The summed E-state index contributed by atoms with van der Waals surface area (Å²) in [5.41, 5.74) is 0. The zero-order chi connectivity index (χ0) is 13.8. The highest BCUT2D eigenvalue weighted by atomic mass is 16.3. The van der Waals surface area contributed by atoms with Gasteiger partial charge in [0, 0.05) is 0 Å². The molecule has 3 aromatic heterocycles. The van der Waals surface area contributed by atoms with E-state index >= 15 is 0 Å². The summed E-state index contributed by atoms with van der Waals surface area (Å²) < 4.78 is 10.5. The fraction of sp³-hybridized carbons (Fsp3) is 0.167. The molecule has 0 bridgehead atoms. The van der Waals surface area contributed by atoms with Crippen LogP contribution >= 0.6 is 0 Å². The molecule has 0 unspecified atom stereocenters. The molecule has 0 aliphatic carbocycles. The summed E-state index contributed by atoms with van der Waals surface area (Å²) in [5, 5.41) is 13.0. The number of nitrogens with zero attached hydrogens (tertiary/aromatic N) is 4. The van der Waals surface area contributed by atoms with Crippen LogP contribution in [0.25, 0.3) is 0 Å². The molecule has 3 aromatic rings. The number of H-pyrrole nitrogens is 1. The first kappa shape index (κ1) is 12.2. The first-order valence-electron chi connectivity index (χ1n) is 5.90. The van der Waals surface area contributed by atoms with Crippen molar-refractivity contribution in [2.24, 2.45) is 0 Å². The van der Waals surface area contributed by atoms with Crippen molar-refractivity contribution in [3.8, 4) is 0 Å². The SMILES string of the molecule is O=C(c1nn[nH]n1)N(Cc1ccco1)Cc1ccco1. The number of hydrogen-bond donors (Lipinski definition) is 1. The van der Waals surface area contributed by atoms with E-state index in [4.69, 9.17) is 8.83 Å². The Hall–Kier alpha value is -2.90. The van der Waals surface area contributed by atoms with Crippen LogP contribution in [0.15, 0.2) is 45.6 Å². The van der Waals surface area contributed by atoms with Crippen molar-refractivity contribution in [1.29, 1.82) is 0 Å². The van der Waals surface area contributed by atoms with Gasteiger partial charge in [-0.2, -0.15) is 5.21 Å². The summed E-state index contributed by atoms with van der Waals surface area (Å²) in [6.45, 7) is 0.585. The number of hydrogen-bond acceptors (Lipinski definition) is 6. The molecule has 0 atom stereocenters. The van der Waals surface area contributed by atoms with Crippen LogP contribution in [-0.4, -0.2) is 31.4 Å². The third-order valence-electron chi connectivity index (χ3n) is 2.68. The third-order valence-corrected chi connectivity index (χ3v) is 2.68. The minimum atomic E-state index is -0.355. The van der Waals surface area contributed by atoms with Crippen molar-refractivity contribution in [3.05, 3.63) is 54.1 Å². The number of tetrazole rings is 1. The number of aromatic nitrogens is 4. The Kier molecular flexibility index (Phi) is 3.27. The van der Waals surface area contributed by atoms with Crippen LogP contribution in [0.2, 0.25) is 0 Å². The summed E-state index contributed by atoms with van der Waals surface area (Å²) in [7, 11) is 0. The van der Waals surface area contributed by atoms with Gasteiger partial charge < -0.3 is 13.7 Å². The van der Waals surface area contributed by atoms with Gasteiger partial charge in [-0.1, -0.05) is 0 Å². The Balaban J connectivity index is 1.81. The molecule has 0 fully saturated rings. The molecule has 0 aromatic carbocycles. The zero-order valence-electron chi connectivity index (χ0n) is 10.4. The molecule has 0 spiro atoms. The fourth-order valence-corrected chi connectivity index (χ4v) is 1.77. The van der Waals surface area contributed by atoms with Crippen LogP contribution in [0.5, 0.6) is 0 Å². The average Bonchev–Trinajstić information content (AvgIpc) is 3.20. The largest absolute Gasteiger partial charge is 0.467 e. The highest BCUT2D eigenvalue weighted by Crippen LogP contribution is 2.13. The monoisotopic (exact) mass is 273 g/mol. The van der Waals surface area contributed by atoms with Crippen LogP contribution in [0.4, 0.5) is 0 Å². The molecule has 8 nitrogen and oxygen atoms in total. The van der Waals surface area contributed by atoms with Crippen LogP contribution in [-0.2, 0) is 13.1 Å². The topological polar surface area (TPSA) is 101 Å². The molecule has 8 heteroatoms. The lowest BCUT2D eigenvalue weighted by Gasteiger charge is -2.18. The first-order chi connectivity index (χ1) is 9.83. The van der Waals surface area contributed by atoms with Crippen LogP contribution in [0.1, 0.15) is 22.1 Å². The van der Waals surface area contributed by atoms with Crippen LogP contribution in [0, 0.1) is 0 Å². The van der Waals surface area contributed by atoms with Crippen molar-refractivity contribution in [2.45, 2.75) is 13.1 Å². The van der Waals surface area contributed by atoms with Gasteiger partial charge >= 0.3 is 0 Å². The second-order valence-electron chi connectivity index (χ2n) is 4.06. The minimum absolute atomic E-state index is 0.00288. The van der Waals surface area contributed by atoms with Crippen LogP contribution in [0.3, 0.4) is 0 Å². The lowest BCUT2D eigenvalue weighted by Crippen LogP contribution is -2.30. The number of carbonyl (C=O) groups is 1. The van der Waals surface area contributed by atoms with E-state index in [0.29, 0.717) is 24.6 Å². The Morgan fingerprint density at radius 1 is 1.15 bits per heavy atom. The Morgan fingerprint density at radius 3 is 2.25 bits per heavy atom. The summed E-state index contributed by atoms with van der Waals surface area (Å²) in [5.74, 6) is 0.969. The lowest BCUT2D eigenvalue weighted by atomic mass is 10.3. The van der Waals surface area contributed by atoms with E-state index in [9.17, 15) is 4.79 Å². The maximum atomic E-state index is 12.3. The molecule has 0 saturated heterocycles. The third kappa shape index (κ3) is 2.58. The van der Waals surface area contributed by atoms with E-state index < -0.39 is 0 Å². The normalized spacial score (nSPS) is 10.6. The first-order valence-corrected chi connectivity index (χ1v) is 5.90. The Labute approximate surface area is 113 Å². The smallest absolute Gasteiger partial charge is 0.296 e. The van der Waals surface area contributed by atoms with Gasteiger partial charge in [0.15, 0.2) is 0 Å². The molecular weight excluding hydrogens is 262 g/mol. The molecule has 0 aliphatic heterocycles. The number of carbonyl (C=O) groups excluding carboxylic acids is 1. The van der Waals surface area contributed by atoms with E-state index in [-0.39, 0.29) is 11.7 Å². The summed E-state index contributed by atoms with van der Waals surface area (Å²) >= 11 is 0. The molecule has 3 rings (SSSR count). The molecular formula is C12H11N5O3. The van der Waals surface area contributed by atoms with E-state index in [1.807, 2.05) is 0 Å².